The SMILES string of the molecule is O=C(N[C@@H](CCOc1ccccc1)c1cccc(-c2ccccn2)c1C(F)(F)F)C1CCNCC1. The van der Waals surface area contributed by atoms with Crippen molar-refractivity contribution in [3.8, 4) is 17.0 Å². The van der Waals surface area contributed by atoms with Gasteiger partial charge in [0.15, 0.2) is 0 Å². The Morgan fingerprint density at radius 2 is 1.77 bits per heavy atom. The summed E-state index contributed by atoms with van der Waals surface area (Å²) >= 11 is 0. The summed E-state index contributed by atoms with van der Waals surface area (Å²) in [4.78, 5) is 17.2. The Hall–Kier alpha value is -3.39. The van der Waals surface area contributed by atoms with Crippen molar-refractivity contribution in [2.24, 2.45) is 5.92 Å². The average Bonchev–Trinajstić information content (AvgIpc) is 2.88. The van der Waals surface area contributed by atoms with E-state index in [1.165, 1.54) is 18.3 Å². The first kappa shape index (κ1) is 24.7. The smallest absolute Gasteiger partial charge is 0.417 e. The summed E-state index contributed by atoms with van der Waals surface area (Å²) in [7, 11) is 0. The van der Waals surface area contributed by atoms with E-state index in [0.29, 0.717) is 31.7 Å². The number of piperidine rings is 1. The largest absolute Gasteiger partial charge is 0.494 e. The predicted octanol–water partition coefficient (Wildman–Crippen LogP) is 5.39. The summed E-state index contributed by atoms with van der Waals surface area (Å²) in [6.45, 7) is 1.57. The minimum absolute atomic E-state index is 0.0132. The number of halogens is 3. The van der Waals surface area contributed by atoms with Crippen molar-refractivity contribution in [2.45, 2.75) is 31.5 Å². The van der Waals surface area contributed by atoms with Gasteiger partial charge in [-0.2, -0.15) is 13.2 Å². The minimum atomic E-state index is -4.64. The van der Waals surface area contributed by atoms with Crippen LogP contribution in [0.4, 0.5) is 13.2 Å². The van der Waals surface area contributed by atoms with Crippen LogP contribution < -0.4 is 15.4 Å². The van der Waals surface area contributed by atoms with Crippen LogP contribution in [0.3, 0.4) is 0 Å². The van der Waals surface area contributed by atoms with Crippen LogP contribution in [0.5, 0.6) is 5.75 Å². The number of nitrogens with zero attached hydrogens (tertiary/aromatic N) is 1. The van der Waals surface area contributed by atoms with E-state index in [1.807, 2.05) is 18.2 Å². The Bertz CT molecular complexity index is 1100. The lowest BCUT2D eigenvalue weighted by Gasteiger charge is -2.28. The van der Waals surface area contributed by atoms with E-state index in [0.717, 1.165) is 0 Å². The maximum atomic E-state index is 14.5. The van der Waals surface area contributed by atoms with Gasteiger partial charge in [-0.3, -0.25) is 9.78 Å². The van der Waals surface area contributed by atoms with Gasteiger partial charge in [-0.15, -0.1) is 0 Å². The average molecular weight is 484 g/mol. The van der Waals surface area contributed by atoms with Gasteiger partial charge in [0, 0.05) is 24.1 Å². The van der Waals surface area contributed by atoms with Gasteiger partial charge < -0.3 is 15.4 Å². The number of amides is 1. The van der Waals surface area contributed by atoms with Crippen molar-refractivity contribution in [3.63, 3.8) is 0 Å². The zero-order valence-electron chi connectivity index (χ0n) is 19.2. The third kappa shape index (κ3) is 6.39. The molecule has 1 saturated heterocycles. The zero-order valence-corrected chi connectivity index (χ0v) is 19.2. The molecule has 2 aromatic carbocycles. The van der Waals surface area contributed by atoms with Crippen LogP contribution in [0.1, 0.15) is 36.4 Å². The lowest BCUT2D eigenvalue weighted by atomic mass is 9.90. The van der Waals surface area contributed by atoms with Crippen LogP contribution in [0.25, 0.3) is 11.3 Å². The van der Waals surface area contributed by atoms with Gasteiger partial charge >= 0.3 is 6.18 Å². The number of alkyl halides is 3. The minimum Gasteiger partial charge on any atom is -0.494 e. The van der Waals surface area contributed by atoms with Crippen LogP contribution in [0.15, 0.2) is 72.9 Å². The number of carbonyl (C=O) groups excluding carboxylic acids is 1. The van der Waals surface area contributed by atoms with Crippen molar-refractivity contribution >= 4 is 5.91 Å². The van der Waals surface area contributed by atoms with Crippen molar-refractivity contribution in [1.82, 2.24) is 15.6 Å². The highest BCUT2D eigenvalue weighted by Crippen LogP contribution is 2.41. The highest BCUT2D eigenvalue weighted by molar-refractivity contribution is 5.79. The summed E-state index contributed by atoms with van der Waals surface area (Å²) in [5.41, 5.74) is -0.556. The molecule has 0 radical (unpaired) electrons. The third-order valence-electron chi connectivity index (χ3n) is 6.14. The van der Waals surface area contributed by atoms with Gasteiger partial charge in [-0.25, -0.2) is 0 Å². The molecule has 0 unspecified atom stereocenters. The summed E-state index contributed by atoms with van der Waals surface area (Å²) < 4.78 is 49.1. The molecule has 184 valence electrons. The second-order valence-electron chi connectivity index (χ2n) is 8.52. The highest BCUT2D eigenvalue weighted by atomic mass is 19.4. The molecule has 5 nitrogen and oxygen atoms in total. The number of ether oxygens (including phenoxy) is 1. The molecule has 1 atom stereocenters. The summed E-state index contributed by atoms with van der Waals surface area (Å²) in [6, 6.07) is 17.5. The second kappa shape index (κ2) is 11.4. The zero-order chi connectivity index (χ0) is 24.7. The molecule has 2 N–H and O–H groups in total. The van der Waals surface area contributed by atoms with Crippen molar-refractivity contribution in [3.05, 3.63) is 84.1 Å². The Balaban J connectivity index is 1.67. The molecule has 1 aromatic heterocycles. The molecule has 8 heteroatoms. The van der Waals surface area contributed by atoms with E-state index in [2.05, 4.69) is 15.6 Å². The monoisotopic (exact) mass is 483 g/mol. The summed E-state index contributed by atoms with van der Waals surface area (Å²) in [6.07, 6.45) is -1.69. The van der Waals surface area contributed by atoms with Gasteiger partial charge in [0.05, 0.1) is 23.9 Å². The van der Waals surface area contributed by atoms with Crippen molar-refractivity contribution in [1.29, 1.82) is 0 Å². The van der Waals surface area contributed by atoms with Gasteiger partial charge in [0.2, 0.25) is 5.91 Å². The third-order valence-corrected chi connectivity index (χ3v) is 6.14. The van der Waals surface area contributed by atoms with Gasteiger partial charge in [0.25, 0.3) is 0 Å². The molecule has 1 fully saturated rings. The summed E-state index contributed by atoms with van der Waals surface area (Å²) in [5, 5.41) is 6.12. The first-order valence-electron chi connectivity index (χ1n) is 11.7. The Labute approximate surface area is 202 Å². The molecular formula is C27H28F3N3O2. The van der Waals surface area contributed by atoms with E-state index in [4.69, 9.17) is 4.74 Å². The molecule has 35 heavy (non-hydrogen) atoms. The Morgan fingerprint density at radius 3 is 2.46 bits per heavy atom. The van der Waals surface area contributed by atoms with E-state index in [9.17, 15) is 18.0 Å². The van der Waals surface area contributed by atoms with Crippen LogP contribution >= 0.6 is 0 Å². The van der Waals surface area contributed by atoms with Crippen molar-refractivity contribution in [2.75, 3.05) is 19.7 Å². The Kier molecular flexibility index (Phi) is 8.02. The number of para-hydroxylation sites is 1. The number of hydrogen-bond donors (Lipinski definition) is 2. The fourth-order valence-corrected chi connectivity index (χ4v) is 4.40. The maximum absolute atomic E-state index is 14.5. The number of aromatic nitrogens is 1. The van der Waals surface area contributed by atoms with Crippen molar-refractivity contribution < 1.29 is 22.7 Å². The second-order valence-corrected chi connectivity index (χ2v) is 8.52. The molecule has 0 bridgehead atoms. The summed E-state index contributed by atoms with van der Waals surface area (Å²) in [5.74, 6) is 0.156. The molecule has 2 heterocycles. The Morgan fingerprint density at radius 1 is 1.03 bits per heavy atom. The standard InChI is InChI=1S/C27H28F3N3O2/c28-27(29,30)25-21(23-11-4-5-15-32-23)9-6-10-22(25)24(14-18-35-20-7-2-1-3-8-20)33-26(34)19-12-16-31-17-13-19/h1-11,15,19,24,31H,12-14,16-18H2,(H,33,34)/t24-/m0/s1. The molecule has 3 aromatic rings. The molecule has 1 aliphatic rings. The van der Waals surface area contributed by atoms with Gasteiger partial charge in [0.1, 0.15) is 5.75 Å². The molecule has 1 amide bonds. The molecule has 0 saturated carbocycles. The van der Waals surface area contributed by atoms with E-state index < -0.39 is 17.8 Å². The van der Waals surface area contributed by atoms with Crippen LogP contribution in [-0.2, 0) is 11.0 Å². The van der Waals surface area contributed by atoms with Gasteiger partial charge in [-0.1, -0.05) is 42.5 Å². The molecule has 4 rings (SSSR count). The fraction of sp³-hybridized carbons (Fsp3) is 0.333. The topological polar surface area (TPSA) is 63.2 Å². The van der Waals surface area contributed by atoms with Crippen LogP contribution in [0, 0.1) is 5.92 Å². The fourth-order valence-electron chi connectivity index (χ4n) is 4.40. The maximum Gasteiger partial charge on any atom is 0.417 e. The predicted molar refractivity (Wildman–Crippen MR) is 128 cm³/mol. The molecule has 0 aliphatic carbocycles. The lowest BCUT2D eigenvalue weighted by molar-refractivity contribution is -0.138. The normalized spacial score (nSPS) is 15.4. The number of carbonyl (C=O) groups is 1. The number of nitrogens with one attached hydrogen (secondary N) is 2. The van der Waals surface area contributed by atoms with E-state index in [-0.39, 0.29) is 41.7 Å². The molecular weight excluding hydrogens is 455 g/mol. The highest BCUT2D eigenvalue weighted by Gasteiger charge is 2.39. The first-order chi connectivity index (χ1) is 16.9. The number of benzene rings is 2. The molecule has 1 aliphatic heterocycles. The number of hydrogen-bond acceptors (Lipinski definition) is 4. The number of pyridine rings is 1. The molecule has 0 spiro atoms. The number of rotatable bonds is 8. The first-order valence-corrected chi connectivity index (χ1v) is 11.7. The van der Waals surface area contributed by atoms with E-state index in [1.54, 1.807) is 36.4 Å². The van der Waals surface area contributed by atoms with Crippen LogP contribution in [0.2, 0.25) is 0 Å². The lowest BCUT2D eigenvalue weighted by Crippen LogP contribution is -2.40. The quantitative estimate of drug-likeness (QED) is 0.451. The van der Waals surface area contributed by atoms with Gasteiger partial charge in [-0.05, 0) is 55.8 Å². The van der Waals surface area contributed by atoms with E-state index >= 15 is 0 Å². The van der Waals surface area contributed by atoms with Crippen LogP contribution in [-0.4, -0.2) is 30.6 Å².